The Balaban J connectivity index is 1.92. The molecule has 0 radical (unpaired) electrons. The number of aromatic nitrogens is 4. The number of fused-ring (bicyclic) bond motifs is 1. The summed E-state index contributed by atoms with van der Waals surface area (Å²) in [5.74, 6) is 0.251. The number of nitrogens with zero attached hydrogens (tertiary/aromatic N) is 3. The van der Waals surface area contributed by atoms with Gasteiger partial charge in [0.15, 0.2) is 11.5 Å². The molecule has 0 fully saturated rings. The van der Waals surface area contributed by atoms with E-state index >= 15 is 0 Å². The number of amides is 1. The molecule has 0 atom stereocenters. The van der Waals surface area contributed by atoms with Gasteiger partial charge in [-0.1, -0.05) is 0 Å². The molecule has 3 rings (SSSR count). The van der Waals surface area contributed by atoms with Crippen LogP contribution >= 0.6 is 0 Å². The zero-order valence-electron chi connectivity index (χ0n) is 10.2. The van der Waals surface area contributed by atoms with Crippen molar-refractivity contribution in [1.82, 2.24) is 20.2 Å². The first-order chi connectivity index (χ1) is 9.24. The Labute approximate surface area is 108 Å². The second-order valence-corrected chi connectivity index (χ2v) is 4.11. The number of aromatic amines is 1. The lowest BCUT2D eigenvalue weighted by atomic mass is 10.2. The third kappa shape index (κ3) is 2.15. The molecule has 0 aromatic carbocycles. The van der Waals surface area contributed by atoms with Crippen LogP contribution in [0.1, 0.15) is 16.1 Å². The molecule has 0 aliphatic carbocycles. The normalized spacial score (nSPS) is 10.6. The minimum absolute atomic E-state index is 0.226. The van der Waals surface area contributed by atoms with Gasteiger partial charge in [-0.15, -0.1) is 0 Å². The topological polar surface area (TPSA) is 83.6 Å². The number of anilines is 1. The smallest absolute Gasteiger partial charge is 0.256 e. The second-order valence-electron chi connectivity index (χ2n) is 4.11. The molecule has 3 aromatic heterocycles. The van der Waals surface area contributed by atoms with Crippen LogP contribution in [0.3, 0.4) is 0 Å². The quantitative estimate of drug-likeness (QED) is 0.730. The maximum atomic E-state index is 12.0. The van der Waals surface area contributed by atoms with Gasteiger partial charge >= 0.3 is 0 Å². The highest BCUT2D eigenvalue weighted by atomic mass is 16.1. The lowest BCUT2D eigenvalue weighted by Crippen LogP contribution is -2.12. The standard InChI is InChI=1S/C13H11N5O/c1-8-2-3-10-11(15-8)17-18-12(10)16-13(19)9-4-6-14-7-5-9/h2-7H,1H3,(H2,15,16,17,18,19). The molecular formula is C13H11N5O. The summed E-state index contributed by atoms with van der Waals surface area (Å²) in [6, 6.07) is 7.04. The van der Waals surface area contributed by atoms with Crippen LogP contribution in [0.5, 0.6) is 0 Å². The average Bonchev–Trinajstić information content (AvgIpc) is 2.82. The van der Waals surface area contributed by atoms with E-state index in [0.29, 0.717) is 17.0 Å². The van der Waals surface area contributed by atoms with E-state index in [1.54, 1.807) is 24.5 Å². The Morgan fingerprint density at radius 2 is 2.00 bits per heavy atom. The van der Waals surface area contributed by atoms with Gasteiger partial charge in [-0.2, -0.15) is 5.10 Å². The molecule has 1 amide bonds. The average molecular weight is 253 g/mol. The van der Waals surface area contributed by atoms with Gasteiger partial charge in [-0.3, -0.25) is 14.9 Å². The fourth-order valence-corrected chi connectivity index (χ4v) is 1.78. The molecule has 0 bridgehead atoms. The van der Waals surface area contributed by atoms with Crippen molar-refractivity contribution < 1.29 is 4.79 Å². The fraction of sp³-hybridized carbons (Fsp3) is 0.0769. The molecule has 0 saturated heterocycles. The molecule has 19 heavy (non-hydrogen) atoms. The van der Waals surface area contributed by atoms with Gasteiger partial charge in [0.25, 0.3) is 5.91 Å². The first-order valence-electron chi connectivity index (χ1n) is 5.77. The maximum Gasteiger partial charge on any atom is 0.256 e. The van der Waals surface area contributed by atoms with Crippen LogP contribution in [0.2, 0.25) is 0 Å². The summed E-state index contributed by atoms with van der Waals surface area (Å²) < 4.78 is 0. The zero-order chi connectivity index (χ0) is 13.2. The van der Waals surface area contributed by atoms with Crippen LogP contribution in [-0.4, -0.2) is 26.1 Å². The highest BCUT2D eigenvalue weighted by Crippen LogP contribution is 2.19. The lowest BCUT2D eigenvalue weighted by Gasteiger charge is -2.01. The number of H-pyrrole nitrogens is 1. The third-order valence-electron chi connectivity index (χ3n) is 2.74. The Hall–Kier alpha value is -2.76. The van der Waals surface area contributed by atoms with Crippen molar-refractivity contribution in [2.45, 2.75) is 6.92 Å². The Morgan fingerprint density at radius 1 is 1.21 bits per heavy atom. The molecule has 3 aromatic rings. The van der Waals surface area contributed by atoms with Crippen LogP contribution in [-0.2, 0) is 0 Å². The van der Waals surface area contributed by atoms with Gasteiger partial charge in [-0.25, -0.2) is 4.98 Å². The number of hydrogen-bond acceptors (Lipinski definition) is 4. The number of hydrogen-bond donors (Lipinski definition) is 2. The number of aryl methyl sites for hydroxylation is 1. The maximum absolute atomic E-state index is 12.0. The molecule has 0 aliphatic heterocycles. The van der Waals surface area contributed by atoms with E-state index in [4.69, 9.17) is 0 Å². The van der Waals surface area contributed by atoms with Gasteiger partial charge in [0.05, 0.1) is 5.39 Å². The van der Waals surface area contributed by atoms with Crippen LogP contribution in [0.25, 0.3) is 11.0 Å². The first-order valence-corrected chi connectivity index (χ1v) is 5.77. The molecule has 6 heteroatoms. The highest BCUT2D eigenvalue weighted by molar-refractivity contribution is 6.07. The summed E-state index contributed by atoms with van der Waals surface area (Å²) in [6.45, 7) is 1.90. The Morgan fingerprint density at radius 3 is 2.79 bits per heavy atom. The van der Waals surface area contributed by atoms with E-state index in [0.717, 1.165) is 11.1 Å². The summed E-state index contributed by atoms with van der Waals surface area (Å²) in [7, 11) is 0. The molecule has 6 nitrogen and oxygen atoms in total. The minimum atomic E-state index is -0.226. The highest BCUT2D eigenvalue weighted by Gasteiger charge is 2.11. The van der Waals surface area contributed by atoms with E-state index in [-0.39, 0.29) is 5.91 Å². The SMILES string of the molecule is Cc1ccc2c(NC(=O)c3ccncc3)n[nH]c2n1. The van der Waals surface area contributed by atoms with E-state index in [9.17, 15) is 4.79 Å². The molecule has 2 N–H and O–H groups in total. The van der Waals surface area contributed by atoms with Crippen LogP contribution in [0.4, 0.5) is 5.82 Å². The number of carbonyl (C=O) groups excluding carboxylic acids is 1. The summed E-state index contributed by atoms with van der Waals surface area (Å²) in [4.78, 5) is 20.2. The fourth-order valence-electron chi connectivity index (χ4n) is 1.78. The molecule has 0 spiro atoms. The van der Waals surface area contributed by atoms with Crippen LogP contribution in [0.15, 0.2) is 36.7 Å². The molecule has 94 valence electrons. The summed E-state index contributed by atoms with van der Waals surface area (Å²) in [5.41, 5.74) is 2.08. The van der Waals surface area contributed by atoms with Gasteiger partial charge in [0.2, 0.25) is 0 Å². The lowest BCUT2D eigenvalue weighted by molar-refractivity contribution is 0.102. The van der Waals surface area contributed by atoms with E-state index < -0.39 is 0 Å². The van der Waals surface area contributed by atoms with Crippen molar-refractivity contribution >= 4 is 22.8 Å². The summed E-state index contributed by atoms with van der Waals surface area (Å²) in [6.07, 6.45) is 3.14. The number of carbonyl (C=O) groups is 1. The molecule has 0 unspecified atom stereocenters. The number of rotatable bonds is 2. The molecule has 0 saturated carbocycles. The van der Waals surface area contributed by atoms with Crippen molar-refractivity contribution in [3.05, 3.63) is 47.9 Å². The number of pyridine rings is 2. The van der Waals surface area contributed by atoms with Crippen molar-refractivity contribution in [3.63, 3.8) is 0 Å². The third-order valence-corrected chi connectivity index (χ3v) is 2.74. The predicted octanol–water partition coefficient (Wildman–Crippen LogP) is 1.91. The summed E-state index contributed by atoms with van der Waals surface area (Å²) >= 11 is 0. The largest absolute Gasteiger partial charge is 0.305 e. The first kappa shape index (κ1) is 11.3. The van der Waals surface area contributed by atoms with Crippen molar-refractivity contribution in [2.24, 2.45) is 0 Å². The number of nitrogens with one attached hydrogen (secondary N) is 2. The van der Waals surface area contributed by atoms with Crippen molar-refractivity contribution in [1.29, 1.82) is 0 Å². The molecule has 0 aliphatic rings. The Bertz CT molecular complexity index is 735. The van der Waals surface area contributed by atoms with Gasteiger partial charge in [-0.05, 0) is 31.2 Å². The Kier molecular flexibility index (Phi) is 2.68. The van der Waals surface area contributed by atoms with Crippen molar-refractivity contribution in [3.8, 4) is 0 Å². The van der Waals surface area contributed by atoms with E-state index in [1.165, 1.54) is 0 Å². The molecule has 3 heterocycles. The van der Waals surface area contributed by atoms with Gasteiger partial charge in [0, 0.05) is 23.7 Å². The minimum Gasteiger partial charge on any atom is -0.305 e. The summed E-state index contributed by atoms with van der Waals surface area (Å²) in [5, 5.41) is 10.4. The molecular weight excluding hydrogens is 242 g/mol. The van der Waals surface area contributed by atoms with Gasteiger partial charge < -0.3 is 5.32 Å². The van der Waals surface area contributed by atoms with Gasteiger partial charge in [0.1, 0.15) is 0 Å². The predicted molar refractivity (Wildman–Crippen MR) is 70.8 cm³/mol. The van der Waals surface area contributed by atoms with Crippen LogP contribution < -0.4 is 5.32 Å². The monoisotopic (exact) mass is 253 g/mol. The second kappa shape index (κ2) is 4.49. The van der Waals surface area contributed by atoms with E-state index in [2.05, 4.69) is 25.5 Å². The van der Waals surface area contributed by atoms with E-state index in [1.807, 2.05) is 19.1 Å². The van der Waals surface area contributed by atoms with Crippen molar-refractivity contribution in [2.75, 3.05) is 5.32 Å². The van der Waals surface area contributed by atoms with Crippen LogP contribution in [0, 0.1) is 6.92 Å². The zero-order valence-corrected chi connectivity index (χ0v) is 10.2.